The van der Waals surface area contributed by atoms with Crippen LogP contribution in [-0.2, 0) is 4.79 Å². The third kappa shape index (κ3) is 2.86. The van der Waals surface area contributed by atoms with Crippen LogP contribution in [0.15, 0.2) is 17.1 Å². The monoisotopic (exact) mass is 167 g/mol. The Morgan fingerprint density at radius 1 is 1.83 bits per heavy atom. The first-order valence-corrected chi connectivity index (χ1v) is 4.12. The Morgan fingerprint density at radius 2 is 2.58 bits per heavy atom. The molecule has 66 valence electrons. The molecule has 0 aliphatic carbocycles. The summed E-state index contributed by atoms with van der Waals surface area (Å²) in [5.74, 6) is -0.261. The van der Waals surface area contributed by atoms with Gasteiger partial charge >= 0.3 is 5.97 Å². The molecule has 1 aliphatic heterocycles. The van der Waals surface area contributed by atoms with Gasteiger partial charge in [-0.25, -0.2) is 0 Å². The van der Waals surface area contributed by atoms with Crippen molar-refractivity contribution in [3.63, 3.8) is 0 Å². The van der Waals surface area contributed by atoms with E-state index in [2.05, 4.69) is 18.0 Å². The van der Waals surface area contributed by atoms with E-state index < -0.39 is 5.97 Å². The summed E-state index contributed by atoms with van der Waals surface area (Å²) >= 11 is 0. The van der Waals surface area contributed by atoms with Crippen molar-refractivity contribution in [1.82, 2.24) is 0 Å². The van der Waals surface area contributed by atoms with E-state index in [1.165, 1.54) is 0 Å². The molecule has 0 saturated heterocycles. The Kier molecular flexibility index (Phi) is 3.02. The molecule has 3 nitrogen and oxygen atoms in total. The smallest absolute Gasteiger partial charge is 0.303 e. The molecule has 0 amide bonds. The summed E-state index contributed by atoms with van der Waals surface area (Å²) < 4.78 is 0. The molecule has 12 heavy (non-hydrogen) atoms. The summed E-state index contributed by atoms with van der Waals surface area (Å²) in [5.41, 5.74) is 0.913. The summed E-state index contributed by atoms with van der Waals surface area (Å²) in [6, 6.07) is 0. The lowest BCUT2D eigenvalue weighted by Gasteiger charge is -2.09. The zero-order chi connectivity index (χ0) is 8.97. The number of allylic oxidation sites excluding steroid dienone is 1. The van der Waals surface area contributed by atoms with Crippen LogP contribution in [0.1, 0.15) is 19.8 Å². The molecule has 0 saturated carbocycles. The van der Waals surface area contributed by atoms with E-state index in [0.717, 1.165) is 12.3 Å². The molecule has 1 aliphatic rings. The fourth-order valence-corrected chi connectivity index (χ4v) is 1.05. The summed E-state index contributed by atoms with van der Waals surface area (Å²) in [6.07, 6.45) is 4.73. The van der Waals surface area contributed by atoms with Crippen LogP contribution in [0.5, 0.6) is 0 Å². The maximum absolute atomic E-state index is 10.2. The van der Waals surface area contributed by atoms with Gasteiger partial charge in [-0.15, -0.1) is 0 Å². The average molecular weight is 167 g/mol. The summed E-state index contributed by atoms with van der Waals surface area (Å²) in [6.45, 7) is 2.89. The highest BCUT2D eigenvalue weighted by Crippen LogP contribution is 2.07. The second-order valence-electron chi connectivity index (χ2n) is 3.06. The molecular weight excluding hydrogens is 154 g/mol. The quantitative estimate of drug-likeness (QED) is 0.692. The van der Waals surface area contributed by atoms with Crippen LogP contribution >= 0.6 is 0 Å². The van der Waals surface area contributed by atoms with Crippen LogP contribution in [0.2, 0.25) is 0 Å². The maximum atomic E-state index is 10.2. The van der Waals surface area contributed by atoms with Crippen molar-refractivity contribution >= 4 is 11.7 Å². The van der Waals surface area contributed by atoms with E-state index >= 15 is 0 Å². The van der Waals surface area contributed by atoms with Crippen molar-refractivity contribution in [1.29, 1.82) is 0 Å². The largest absolute Gasteiger partial charge is 0.481 e. The molecule has 0 aromatic rings. The van der Waals surface area contributed by atoms with E-state index in [1.807, 2.05) is 6.08 Å². The van der Waals surface area contributed by atoms with Crippen LogP contribution in [0.4, 0.5) is 0 Å². The molecule has 0 fully saturated rings. The standard InChI is InChI=1S/C9H13NO2/c1-7-2-3-8(10-6-7)4-5-9(11)12/h2-3,7H,4-6H2,1H3,(H,11,12). The molecule has 1 atom stereocenters. The lowest BCUT2D eigenvalue weighted by molar-refractivity contribution is -0.136. The number of carboxylic acids is 1. The van der Waals surface area contributed by atoms with Crippen LogP contribution in [-0.4, -0.2) is 23.3 Å². The highest BCUT2D eigenvalue weighted by atomic mass is 16.4. The number of carbonyl (C=O) groups is 1. The van der Waals surface area contributed by atoms with Gasteiger partial charge in [-0.1, -0.05) is 13.0 Å². The van der Waals surface area contributed by atoms with Gasteiger partial charge in [0.2, 0.25) is 0 Å². The Balaban J connectivity index is 2.35. The van der Waals surface area contributed by atoms with E-state index in [-0.39, 0.29) is 6.42 Å². The first kappa shape index (κ1) is 8.97. The lowest BCUT2D eigenvalue weighted by Crippen LogP contribution is -2.08. The zero-order valence-corrected chi connectivity index (χ0v) is 7.16. The highest BCUT2D eigenvalue weighted by Gasteiger charge is 2.06. The Bertz CT molecular complexity index is 231. The molecule has 3 heteroatoms. The Hall–Kier alpha value is -1.12. The van der Waals surface area contributed by atoms with Gasteiger partial charge in [0.25, 0.3) is 0 Å². The molecule has 1 rings (SSSR count). The zero-order valence-electron chi connectivity index (χ0n) is 7.16. The minimum Gasteiger partial charge on any atom is -0.481 e. The number of hydrogen-bond acceptors (Lipinski definition) is 2. The summed E-state index contributed by atoms with van der Waals surface area (Å²) in [7, 11) is 0. The fourth-order valence-electron chi connectivity index (χ4n) is 1.05. The molecule has 1 unspecified atom stereocenters. The third-order valence-corrected chi connectivity index (χ3v) is 1.79. The number of aliphatic carboxylic acids is 1. The maximum Gasteiger partial charge on any atom is 0.303 e. The van der Waals surface area contributed by atoms with E-state index in [0.29, 0.717) is 12.3 Å². The molecule has 0 aromatic heterocycles. The Morgan fingerprint density at radius 3 is 3.08 bits per heavy atom. The minimum atomic E-state index is -0.760. The predicted molar refractivity (Wildman–Crippen MR) is 47.5 cm³/mol. The van der Waals surface area contributed by atoms with Crippen molar-refractivity contribution < 1.29 is 9.90 Å². The van der Waals surface area contributed by atoms with Crippen LogP contribution < -0.4 is 0 Å². The molecule has 0 bridgehead atoms. The number of hydrogen-bond donors (Lipinski definition) is 1. The topological polar surface area (TPSA) is 49.7 Å². The molecule has 0 radical (unpaired) electrons. The van der Waals surface area contributed by atoms with E-state index in [4.69, 9.17) is 5.11 Å². The summed E-state index contributed by atoms with van der Waals surface area (Å²) in [5, 5.41) is 8.42. The van der Waals surface area contributed by atoms with Crippen LogP contribution in [0.25, 0.3) is 0 Å². The van der Waals surface area contributed by atoms with Crippen LogP contribution in [0, 0.1) is 5.92 Å². The molecule has 0 spiro atoms. The Labute approximate surface area is 71.8 Å². The van der Waals surface area contributed by atoms with Crippen molar-refractivity contribution in [2.24, 2.45) is 10.9 Å². The number of nitrogens with zero attached hydrogens (tertiary/aromatic N) is 1. The van der Waals surface area contributed by atoms with Gasteiger partial charge in [0, 0.05) is 12.3 Å². The van der Waals surface area contributed by atoms with Gasteiger partial charge < -0.3 is 5.11 Å². The first-order valence-electron chi connectivity index (χ1n) is 4.12. The second-order valence-corrected chi connectivity index (χ2v) is 3.06. The molecular formula is C9H13NO2. The average Bonchev–Trinajstić information content (AvgIpc) is 2.03. The van der Waals surface area contributed by atoms with Crippen molar-refractivity contribution in [3.8, 4) is 0 Å². The second kappa shape index (κ2) is 4.04. The first-order chi connectivity index (χ1) is 5.68. The van der Waals surface area contributed by atoms with Gasteiger partial charge in [-0.05, 0) is 18.4 Å². The molecule has 0 aromatic carbocycles. The number of rotatable bonds is 3. The van der Waals surface area contributed by atoms with Gasteiger partial charge in [0.1, 0.15) is 0 Å². The number of dihydropyridines is 1. The highest BCUT2D eigenvalue weighted by molar-refractivity contribution is 5.96. The minimum absolute atomic E-state index is 0.178. The van der Waals surface area contributed by atoms with Gasteiger partial charge in [-0.2, -0.15) is 0 Å². The molecule has 1 heterocycles. The van der Waals surface area contributed by atoms with Crippen molar-refractivity contribution in [3.05, 3.63) is 12.2 Å². The van der Waals surface area contributed by atoms with Crippen molar-refractivity contribution in [2.75, 3.05) is 6.54 Å². The van der Waals surface area contributed by atoms with E-state index in [9.17, 15) is 4.79 Å². The molecule has 1 N–H and O–H groups in total. The normalized spacial score (nSPS) is 22.1. The summed E-state index contributed by atoms with van der Waals surface area (Å²) in [4.78, 5) is 14.5. The predicted octanol–water partition coefficient (Wildman–Crippen LogP) is 1.50. The van der Waals surface area contributed by atoms with Gasteiger partial charge in [0.05, 0.1) is 6.42 Å². The van der Waals surface area contributed by atoms with E-state index in [1.54, 1.807) is 0 Å². The fraction of sp³-hybridized carbons (Fsp3) is 0.556. The SMILES string of the molecule is CC1C=CC(CCC(=O)O)=NC1. The van der Waals surface area contributed by atoms with Gasteiger partial charge in [0.15, 0.2) is 0 Å². The van der Waals surface area contributed by atoms with Crippen molar-refractivity contribution in [2.45, 2.75) is 19.8 Å². The third-order valence-electron chi connectivity index (χ3n) is 1.79. The lowest BCUT2D eigenvalue weighted by atomic mass is 10.1. The number of aliphatic imine (C=N–C) groups is 1. The van der Waals surface area contributed by atoms with Crippen LogP contribution in [0.3, 0.4) is 0 Å². The van der Waals surface area contributed by atoms with Gasteiger partial charge in [-0.3, -0.25) is 9.79 Å². The number of carboxylic acid groups (broad SMARTS) is 1.